The maximum absolute atomic E-state index is 12.5. The van der Waals surface area contributed by atoms with E-state index >= 15 is 0 Å². The van der Waals surface area contributed by atoms with Crippen LogP contribution in [0.3, 0.4) is 0 Å². The summed E-state index contributed by atoms with van der Waals surface area (Å²) >= 11 is 1.33. The molecule has 0 aliphatic carbocycles. The number of fused-ring (bicyclic) bond motifs is 1. The first-order valence-electron chi connectivity index (χ1n) is 7.33. The summed E-state index contributed by atoms with van der Waals surface area (Å²) in [7, 11) is 0. The summed E-state index contributed by atoms with van der Waals surface area (Å²) in [5, 5.41) is 3.18. The molecule has 2 N–H and O–H groups in total. The quantitative estimate of drug-likeness (QED) is 0.664. The predicted octanol–water partition coefficient (Wildman–Crippen LogP) is 2.36. The third-order valence-corrected chi connectivity index (χ3v) is 4.27. The highest BCUT2D eigenvalue weighted by atomic mass is 32.2. The van der Waals surface area contributed by atoms with Crippen LogP contribution in [0.15, 0.2) is 34.2 Å². The molecule has 0 fully saturated rings. The summed E-state index contributed by atoms with van der Waals surface area (Å²) in [4.78, 5) is 31.6. The van der Waals surface area contributed by atoms with E-state index in [1.54, 1.807) is 0 Å². The number of anilines is 1. The first-order chi connectivity index (χ1) is 11.1. The minimum Gasteiger partial charge on any atom is -0.494 e. The second-order valence-corrected chi connectivity index (χ2v) is 5.94. The van der Waals surface area contributed by atoms with Crippen molar-refractivity contribution in [3.05, 3.63) is 45.7 Å². The van der Waals surface area contributed by atoms with Crippen LogP contribution in [0.2, 0.25) is 0 Å². The SMILES string of the molecule is CCOc1cccc(C2CC(=O)Nc3nc(SC)[nH]c(=O)c32)c1. The molecule has 1 unspecified atom stereocenters. The molecule has 2 aromatic rings. The van der Waals surface area contributed by atoms with Crippen LogP contribution in [0.1, 0.15) is 30.4 Å². The molecule has 0 bridgehead atoms. The molecular weight excluding hydrogens is 314 g/mol. The topological polar surface area (TPSA) is 84.1 Å². The summed E-state index contributed by atoms with van der Waals surface area (Å²) in [6, 6.07) is 7.50. The Balaban J connectivity index is 2.10. The van der Waals surface area contributed by atoms with E-state index in [0.717, 1.165) is 11.3 Å². The van der Waals surface area contributed by atoms with Crippen LogP contribution in [-0.2, 0) is 4.79 Å². The van der Waals surface area contributed by atoms with E-state index in [4.69, 9.17) is 4.74 Å². The van der Waals surface area contributed by atoms with E-state index in [1.165, 1.54) is 11.8 Å². The summed E-state index contributed by atoms with van der Waals surface area (Å²) in [5.74, 6) is 0.601. The maximum Gasteiger partial charge on any atom is 0.257 e. The van der Waals surface area contributed by atoms with Crippen molar-refractivity contribution in [2.24, 2.45) is 0 Å². The van der Waals surface area contributed by atoms with E-state index < -0.39 is 0 Å². The normalized spacial score (nSPS) is 16.6. The van der Waals surface area contributed by atoms with Gasteiger partial charge in [0, 0.05) is 12.3 Å². The van der Waals surface area contributed by atoms with Crippen molar-refractivity contribution in [2.45, 2.75) is 24.4 Å². The van der Waals surface area contributed by atoms with E-state index in [2.05, 4.69) is 15.3 Å². The number of ether oxygens (including phenoxy) is 1. The smallest absolute Gasteiger partial charge is 0.257 e. The highest BCUT2D eigenvalue weighted by molar-refractivity contribution is 7.98. The van der Waals surface area contributed by atoms with Crippen molar-refractivity contribution in [3.8, 4) is 5.75 Å². The molecule has 0 spiro atoms. The molecule has 1 aliphatic rings. The fourth-order valence-corrected chi connectivity index (χ4v) is 3.10. The van der Waals surface area contributed by atoms with Crippen molar-refractivity contribution < 1.29 is 9.53 Å². The summed E-state index contributed by atoms with van der Waals surface area (Å²) < 4.78 is 5.51. The minimum absolute atomic E-state index is 0.144. The molecule has 1 aliphatic heterocycles. The van der Waals surface area contributed by atoms with Crippen LogP contribution in [0.5, 0.6) is 5.75 Å². The lowest BCUT2D eigenvalue weighted by atomic mass is 9.87. The van der Waals surface area contributed by atoms with Crippen molar-refractivity contribution in [1.29, 1.82) is 0 Å². The molecular formula is C16H17N3O3S. The highest BCUT2D eigenvalue weighted by Gasteiger charge is 2.31. The van der Waals surface area contributed by atoms with E-state index in [9.17, 15) is 9.59 Å². The van der Waals surface area contributed by atoms with E-state index in [1.807, 2.05) is 37.4 Å². The van der Waals surface area contributed by atoms with Gasteiger partial charge in [0.1, 0.15) is 11.6 Å². The molecule has 3 rings (SSSR count). The number of benzene rings is 1. The molecule has 0 radical (unpaired) electrons. The van der Waals surface area contributed by atoms with Gasteiger partial charge in [0.05, 0.1) is 12.2 Å². The summed E-state index contributed by atoms with van der Waals surface area (Å²) in [5.41, 5.74) is 1.15. The number of rotatable bonds is 4. The van der Waals surface area contributed by atoms with E-state index in [-0.39, 0.29) is 23.8 Å². The van der Waals surface area contributed by atoms with Gasteiger partial charge in [-0.15, -0.1) is 0 Å². The van der Waals surface area contributed by atoms with Crippen LogP contribution in [-0.4, -0.2) is 28.7 Å². The summed E-state index contributed by atoms with van der Waals surface area (Å²) in [6.45, 7) is 2.47. The van der Waals surface area contributed by atoms with Gasteiger partial charge in [0.2, 0.25) is 5.91 Å². The lowest BCUT2D eigenvalue weighted by molar-refractivity contribution is -0.116. The number of carbonyl (C=O) groups is 1. The van der Waals surface area contributed by atoms with Crippen LogP contribution >= 0.6 is 11.8 Å². The Morgan fingerprint density at radius 1 is 1.39 bits per heavy atom. The van der Waals surface area contributed by atoms with Crippen LogP contribution in [0.25, 0.3) is 0 Å². The Labute approximate surface area is 137 Å². The second-order valence-electron chi connectivity index (χ2n) is 5.15. The number of carbonyl (C=O) groups excluding carboxylic acids is 1. The van der Waals surface area contributed by atoms with Crippen molar-refractivity contribution in [1.82, 2.24) is 9.97 Å². The Hall–Kier alpha value is -2.28. The Morgan fingerprint density at radius 2 is 2.22 bits per heavy atom. The standard InChI is InChI=1S/C16H17N3O3S/c1-3-22-10-6-4-5-9(7-10)11-8-12(20)17-14-13(11)15(21)19-16(18-14)23-2/h4-7,11H,3,8H2,1-2H3,(H2,17,18,19,20,21). The highest BCUT2D eigenvalue weighted by Crippen LogP contribution is 2.35. The Kier molecular flexibility index (Phi) is 4.38. The molecule has 1 amide bonds. The number of hydrogen-bond acceptors (Lipinski definition) is 5. The zero-order chi connectivity index (χ0) is 16.4. The fourth-order valence-electron chi connectivity index (χ4n) is 2.72. The Bertz CT molecular complexity index is 803. The maximum atomic E-state index is 12.5. The fraction of sp³-hybridized carbons (Fsp3) is 0.312. The lowest BCUT2D eigenvalue weighted by Gasteiger charge is -2.24. The van der Waals surface area contributed by atoms with Gasteiger partial charge in [-0.3, -0.25) is 9.59 Å². The molecule has 2 heterocycles. The van der Waals surface area contributed by atoms with Crippen LogP contribution in [0.4, 0.5) is 5.82 Å². The molecule has 0 saturated carbocycles. The zero-order valence-corrected chi connectivity index (χ0v) is 13.7. The number of hydrogen-bond donors (Lipinski definition) is 2. The minimum atomic E-state index is -0.327. The second kappa shape index (κ2) is 6.45. The molecule has 1 atom stereocenters. The van der Waals surface area contributed by atoms with Gasteiger partial charge in [0.15, 0.2) is 5.16 Å². The average molecular weight is 331 g/mol. The van der Waals surface area contributed by atoms with Gasteiger partial charge in [-0.25, -0.2) is 4.98 Å². The van der Waals surface area contributed by atoms with Gasteiger partial charge in [-0.2, -0.15) is 0 Å². The first-order valence-corrected chi connectivity index (χ1v) is 8.55. The zero-order valence-electron chi connectivity index (χ0n) is 12.9. The van der Waals surface area contributed by atoms with Crippen LogP contribution < -0.4 is 15.6 Å². The van der Waals surface area contributed by atoms with Crippen molar-refractivity contribution >= 4 is 23.5 Å². The third kappa shape index (κ3) is 3.10. The van der Waals surface area contributed by atoms with Gasteiger partial charge in [0.25, 0.3) is 5.56 Å². The van der Waals surface area contributed by atoms with Crippen molar-refractivity contribution in [2.75, 3.05) is 18.2 Å². The number of nitrogens with one attached hydrogen (secondary N) is 2. The Morgan fingerprint density at radius 3 is 2.96 bits per heavy atom. The largest absolute Gasteiger partial charge is 0.494 e. The monoisotopic (exact) mass is 331 g/mol. The van der Waals surface area contributed by atoms with Gasteiger partial charge >= 0.3 is 0 Å². The molecule has 120 valence electrons. The molecule has 6 nitrogen and oxygen atoms in total. The number of nitrogens with zero attached hydrogens (tertiary/aromatic N) is 1. The molecule has 0 saturated heterocycles. The number of aromatic amines is 1. The van der Waals surface area contributed by atoms with E-state index in [0.29, 0.717) is 23.1 Å². The number of thioether (sulfide) groups is 1. The average Bonchev–Trinajstić information content (AvgIpc) is 2.54. The van der Waals surface area contributed by atoms with Crippen molar-refractivity contribution in [3.63, 3.8) is 0 Å². The number of amides is 1. The molecule has 23 heavy (non-hydrogen) atoms. The number of aromatic nitrogens is 2. The number of H-pyrrole nitrogens is 1. The molecule has 1 aromatic heterocycles. The molecule has 1 aromatic carbocycles. The third-order valence-electron chi connectivity index (χ3n) is 3.69. The van der Waals surface area contributed by atoms with Crippen LogP contribution in [0, 0.1) is 0 Å². The predicted molar refractivity (Wildman–Crippen MR) is 89.3 cm³/mol. The lowest BCUT2D eigenvalue weighted by Crippen LogP contribution is -2.31. The van der Waals surface area contributed by atoms with Gasteiger partial charge < -0.3 is 15.0 Å². The first kappa shape index (κ1) is 15.6. The van der Waals surface area contributed by atoms with Gasteiger partial charge in [-0.1, -0.05) is 23.9 Å². The summed E-state index contributed by atoms with van der Waals surface area (Å²) in [6.07, 6.45) is 2.03. The molecule has 7 heteroatoms. The van der Waals surface area contributed by atoms with Gasteiger partial charge in [-0.05, 0) is 30.9 Å².